The van der Waals surface area contributed by atoms with Gasteiger partial charge < -0.3 is 0 Å². The SMILES string of the molecule is N#Cc1nccc2c1C=C(c1ccccc1)C(=O)C2. The van der Waals surface area contributed by atoms with Crippen molar-refractivity contribution in [1.82, 2.24) is 4.98 Å². The first-order valence-electron chi connectivity index (χ1n) is 5.98. The fourth-order valence-corrected chi connectivity index (χ4v) is 2.27. The third-order valence-corrected chi connectivity index (χ3v) is 3.21. The molecule has 3 heteroatoms. The van der Waals surface area contributed by atoms with Gasteiger partial charge in [-0.05, 0) is 23.3 Å². The number of allylic oxidation sites excluding steroid dienone is 1. The lowest BCUT2D eigenvalue weighted by Crippen LogP contribution is -2.13. The summed E-state index contributed by atoms with van der Waals surface area (Å²) < 4.78 is 0. The number of aromatic nitrogens is 1. The highest BCUT2D eigenvalue weighted by atomic mass is 16.1. The van der Waals surface area contributed by atoms with Crippen LogP contribution >= 0.6 is 0 Å². The predicted molar refractivity (Wildman–Crippen MR) is 72.0 cm³/mol. The van der Waals surface area contributed by atoms with E-state index in [9.17, 15) is 4.79 Å². The van der Waals surface area contributed by atoms with Gasteiger partial charge in [0.2, 0.25) is 0 Å². The molecule has 0 aliphatic heterocycles. The normalized spacial score (nSPS) is 13.4. The Bertz CT molecular complexity index is 724. The van der Waals surface area contributed by atoms with Gasteiger partial charge in [-0.25, -0.2) is 4.98 Å². The zero-order valence-corrected chi connectivity index (χ0v) is 10.1. The van der Waals surface area contributed by atoms with Gasteiger partial charge in [0.1, 0.15) is 11.8 Å². The van der Waals surface area contributed by atoms with Crippen molar-refractivity contribution < 1.29 is 4.79 Å². The molecule has 1 aromatic carbocycles. The smallest absolute Gasteiger partial charge is 0.167 e. The van der Waals surface area contributed by atoms with Crippen molar-refractivity contribution >= 4 is 17.4 Å². The number of carbonyl (C=O) groups is 1. The van der Waals surface area contributed by atoms with E-state index < -0.39 is 0 Å². The van der Waals surface area contributed by atoms with Crippen LogP contribution in [0.5, 0.6) is 0 Å². The fourth-order valence-electron chi connectivity index (χ4n) is 2.27. The van der Waals surface area contributed by atoms with Crippen LogP contribution in [-0.4, -0.2) is 10.8 Å². The first-order valence-corrected chi connectivity index (χ1v) is 5.98. The van der Waals surface area contributed by atoms with Crippen LogP contribution in [0.1, 0.15) is 22.4 Å². The molecule has 1 aromatic heterocycles. The lowest BCUT2D eigenvalue weighted by Gasteiger charge is -2.16. The quantitative estimate of drug-likeness (QED) is 0.777. The number of ketones is 1. The minimum absolute atomic E-state index is 0.0776. The third-order valence-electron chi connectivity index (χ3n) is 3.21. The number of benzene rings is 1. The Morgan fingerprint density at radius 2 is 1.95 bits per heavy atom. The number of hydrogen-bond donors (Lipinski definition) is 0. The molecule has 1 aliphatic rings. The van der Waals surface area contributed by atoms with E-state index in [0.29, 0.717) is 17.7 Å². The topological polar surface area (TPSA) is 53.8 Å². The lowest BCUT2D eigenvalue weighted by atomic mass is 9.87. The van der Waals surface area contributed by atoms with E-state index in [2.05, 4.69) is 11.1 Å². The molecular formula is C16H10N2O. The van der Waals surface area contributed by atoms with E-state index >= 15 is 0 Å². The largest absolute Gasteiger partial charge is 0.294 e. The fraction of sp³-hybridized carbons (Fsp3) is 0.0625. The second kappa shape index (κ2) is 4.51. The van der Waals surface area contributed by atoms with Crippen molar-refractivity contribution in [2.24, 2.45) is 0 Å². The summed E-state index contributed by atoms with van der Waals surface area (Å²) >= 11 is 0. The number of nitrogens with zero attached hydrogens (tertiary/aromatic N) is 2. The molecule has 0 N–H and O–H groups in total. The van der Waals surface area contributed by atoms with E-state index in [1.165, 1.54) is 0 Å². The van der Waals surface area contributed by atoms with Gasteiger partial charge in [0, 0.05) is 23.8 Å². The lowest BCUT2D eigenvalue weighted by molar-refractivity contribution is -0.113. The van der Waals surface area contributed by atoms with Gasteiger partial charge in [-0.2, -0.15) is 5.26 Å². The number of Topliss-reactive ketones (excluding diaryl/α,β-unsaturated/α-hetero) is 1. The van der Waals surface area contributed by atoms with Gasteiger partial charge >= 0.3 is 0 Å². The second-order valence-electron chi connectivity index (χ2n) is 4.37. The molecule has 0 saturated heterocycles. The number of pyridine rings is 1. The highest BCUT2D eigenvalue weighted by Crippen LogP contribution is 2.28. The predicted octanol–water partition coefficient (Wildman–Crippen LogP) is 2.62. The van der Waals surface area contributed by atoms with Gasteiger partial charge in [0.05, 0.1) is 0 Å². The first kappa shape index (κ1) is 11.4. The van der Waals surface area contributed by atoms with Crippen LogP contribution in [0, 0.1) is 11.3 Å². The Morgan fingerprint density at radius 3 is 2.68 bits per heavy atom. The molecule has 0 spiro atoms. The molecule has 2 aromatic rings. The molecular weight excluding hydrogens is 236 g/mol. The number of fused-ring (bicyclic) bond motifs is 1. The summed E-state index contributed by atoms with van der Waals surface area (Å²) in [6, 6.07) is 13.4. The minimum atomic E-state index is 0.0776. The molecule has 3 nitrogen and oxygen atoms in total. The number of nitriles is 1. The van der Waals surface area contributed by atoms with Gasteiger partial charge in [-0.15, -0.1) is 0 Å². The van der Waals surface area contributed by atoms with Crippen molar-refractivity contribution in [3.63, 3.8) is 0 Å². The molecule has 1 aliphatic carbocycles. The Labute approximate surface area is 110 Å². The Kier molecular flexibility index (Phi) is 2.70. The zero-order valence-electron chi connectivity index (χ0n) is 10.1. The van der Waals surface area contributed by atoms with Crippen molar-refractivity contribution in [3.05, 3.63) is 65.0 Å². The molecule has 0 radical (unpaired) electrons. The molecule has 90 valence electrons. The van der Waals surface area contributed by atoms with E-state index in [1.807, 2.05) is 30.3 Å². The summed E-state index contributed by atoms with van der Waals surface area (Å²) in [5.41, 5.74) is 3.54. The average Bonchev–Trinajstić information content (AvgIpc) is 2.46. The average molecular weight is 246 g/mol. The van der Waals surface area contributed by atoms with Gasteiger partial charge in [0.25, 0.3) is 0 Å². The van der Waals surface area contributed by atoms with E-state index in [0.717, 1.165) is 16.7 Å². The molecule has 0 atom stereocenters. The van der Waals surface area contributed by atoms with Crippen LogP contribution in [0.15, 0.2) is 42.6 Å². The molecule has 0 unspecified atom stereocenters. The third kappa shape index (κ3) is 1.94. The Balaban J connectivity index is 2.20. The van der Waals surface area contributed by atoms with Crippen molar-refractivity contribution in [1.29, 1.82) is 5.26 Å². The second-order valence-corrected chi connectivity index (χ2v) is 4.37. The van der Waals surface area contributed by atoms with Gasteiger partial charge in [0.15, 0.2) is 5.78 Å². The van der Waals surface area contributed by atoms with E-state index in [1.54, 1.807) is 18.3 Å². The van der Waals surface area contributed by atoms with Crippen LogP contribution < -0.4 is 0 Å². The van der Waals surface area contributed by atoms with Crippen molar-refractivity contribution in [2.45, 2.75) is 6.42 Å². The number of hydrogen-bond acceptors (Lipinski definition) is 3. The van der Waals surface area contributed by atoms with E-state index in [4.69, 9.17) is 5.26 Å². The molecule has 1 heterocycles. The van der Waals surface area contributed by atoms with Crippen LogP contribution in [0.2, 0.25) is 0 Å². The summed E-state index contributed by atoms with van der Waals surface area (Å²) in [5.74, 6) is 0.0776. The molecule has 19 heavy (non-hydrogen) atoms. The van der Waals surface area contributed by atoms with Crippen LogP contribution in [0.25, 0.3) is 11.6 Å². The Hall–Kier alpha value is -2.73. The van der Waals surface area contributed by atoms with Gasteiger partial charge in [-0.1, -0.05) is 30.3 Å². The summed E-state index contributed by atoms with van der Waals surface area (Å²) in [6.45, 7) is 0. The monoisotopic (exact) mass is 246 g/mol. The van der Waals surface area contributed by atoms with Gasteiger partial charge in [-0.3, -0.25) is 4.79 Å². The van der Waals surface area contributed by atoms with Crippen LogP contribution in [-0.2, 0) is 11.2 Å². The van der Waals surface area contributed by atoms with Crippen molar-refractivity contribution in [2.75, 3.05) is 0 Å². The molecule has 0 bridgehead atoms. The summed E-state index contributed by atoms with van der Waals surface area (Å²) in [6.07, 6.45) is 3.68. The minimum Gasteiger partial charge on any atom is -0.294 e. The highest BCUT2D eigenvalue weighted by molar-refractivity contribution is 6.27. The maximum atomic E-state index is 12.2. The molecule has 0 fully saturated rings. The number of rotatable bonds is 1. The Morgan fingerprint density at radius 1 is 1.16 bits per heavy atom. The highest BCUT2D eigenvalue weighted by Gasteiger charge is 2.21. The van der Waals surface area contributed by atoms with Crippen molar-refractivity contribution in [3.8, 4) is 6.07 Å². The molecule has 0 amide bonds. The maximum Gasteiger partial charge on any atom is 0.167 e. The maximum absolute atomic E-state index is 12.2. The first-order chi connectivity index (χ1) is 9.29. The summed E-state index contributed by atoms with van der Waals surface area (Å²) in [5, 5.41) is 9.09. The molecule has 3 rings (SSSR count). The van der Waals surface area contributed by atoms with Crippen LogP contribution in [0.4, 0.5) is 0 Å². The standard InChI is InChI=1S/C16H10N2O/c17-10-15-13-9-14(11-4-2-1-3-5-11)16(19)8-12(13)6-7-18-15/h1-7,9H,8H2. The summed E-state index contributed by atoms with van der Waals surface area (Å²) in [7, 11) is 0. The number of carbonyl (C=O) groups excluding carboxylic acids is 1. The van der Waals surface area contributed by atoms with Crippen LogP contribution in [0.3, 0.4) is 0 Å². The summed E-state index contributed by atoms with van der Waals surface area (Å²) in [4.78, 5) is 16.2. The molecule has 0 saturated carbocycles. The zero-order chi connectivity index (χ0) is 13.2. The van der Waals surface area contributed by atoms with E-state index in [-0.39, 0.29) is 5.78 Å².